The lowest BCUT2D eigenvalue weighted by Gasteiger charge is -2.09. The number of hydrogen-bond acceptors (Lipinski definition) is 4. The Bertz CT molecular complexity index is 1380. The van der Waals surface area contributed by atoms with Gasteiger partial charge in [-0.15, -0.1) is 0 Å². The Morgan fingerprint density at radius 3 is 2.66 bits per heavy atom. The van der Waals surface area contributed by atoms with Crippen LogP contribution in [0.15, 0.2) is 88.9 Å². The molecular weight excluding hydrogens is 426 g/mol. The van der Waals surface area contributed by atoms with Crippen molar-refractivity contribution in [3.05, 3.63) is 111 Å². The van der Waals surface area contributed by atoms with Crippen LogP contribution in [0.1, 0.15) is 21.5 Å². The van der Waals surface area contributed by atoms with Gasteiger partial charge < -0.3 is 9.30 Å². The zero-order valence-corrected chi connectivity index (χ0v) is 18.0. The Labute approximate surface area is 189 Å². The SMILES string of the molecule is COc1ccc2ccccc2c1/C=N\NC(=O)c1cccn(Cc2ccccc2Cl)c1=O. The average Bonchev–Trinajstić information content (AvgIpc) is 2.81. The largest absolute Gasteiger partial charge is 0.496 e. The summed E-state index contributed by atoms with van der Waals surface area (Å²) < 4.78 is 6.87. The summed E-state index contributed by atoms with van der Waals surface area (Å²) in [6, 6.07) is 22.0. The van der Waals surface area contributed by atoms with Gasteiger partial charge in [0, 0.05) is 16.8 Å². The van der Waals surface area contributed by atoms with Crippen molar-refractivity contribution in [2.24, 2.45) is 5.10 Å². The number of aromatic nitrogens is 1. The summed E-state index contributed by atoms with van der Waals surface area (Å²) in [5.41, 5.74) is 3.52. The van der Waals surface area contributed by atoms with Crippen molar-refractivity contribution in [2.45, 2.75) is 6.54 Å². The molecular formula is C25H20ClN3O3. The molecule has 0 saturated carbocycles. The zero-order valence-electron chi connectivity index (χ0n) is 17.3. The average molecular weight is 446 g/mol. The van der Waals surface area contributed by atoms with Crippen LogP contribution in [0.25, 0.3) is 10.8 Å². The first-order valence-corrected chi connectivity index (χ1v) is 10.3. The Morgan fingerprint density at radius 2 is 1.84 bits per heavy atom. The van der Waals surface area contributed by atoms with Crippen molar-refractivity contribution in [2.75, 3.05) is 7.11 Å². The highest BCUT2D eigenvalue weighted by atomic mass is 35.5. The predicted octanol–water partition coefficient (Wildman–Crippen LogP) is 4.48. The molecule has 7 heteroatoms. The second-order valence-corrected chi connectivity index (χ2v) is 7.46. The van der Waals surface area contributed by atoms with Crippen LogP contribution in [-0.4, -0.2) is 23.8 Å². The molecule has 32 heavy (non-hydrogen) atoms. The van der Waals surface area contributed by atoms with Crippen LogP contribution in [0.4, 0.5) is 0 Å². The third-order valence-electron chi connectivity index (χ3n) is 5.07. The van der Waals surface area contributed by atoms with Gasteiger partial charge in [0.1, 0.15) is 11.3 Å². The van der Waals surface area contributed by atoms with E-state index >= 15 is 0 Å². The normalized spacial score (nSPS) is 11.1. The van der Waals surface area contributed by atoms with E-state index in [1.165, 1.54) is 16.8 Å². The number of pyridine rings is 1. The van der Waals surface area contributed by atoms with Crippen LogP contribution in [0.2, 0.25) is 5.02 Å². The molecule has 0 bridgehead atoms. The van der Waals surface area contributed by atoms with Gasteiger partial charge in [0.25, 0.3) is 11.5 Å². The van der Waals surface area contributed by atoms with Crippen LogP contribution in [0.3, 0.4) is 0 Å². The topological polar surface area (TPSA) is 72.7 Å². The van der Waals surface area contributed by atoms with E-state index in [1.807, 2.05) is 54.6 Å². The van der Waals surface area contributed by atoms with E-state index < -0.39 is 11.5 Å². The smallest absolute Gasteiger partial charge is 0.276 e. The van der Waals surface area contributed by atoms with E-state index in [2.05, 4.69) is 10.5 Å². The molecule has 3 aromatic carbocycles. The van der Waals surface area contributed by atoms with Gasteiger partial charge in [0.05, 0.1) is 19.9 Å². The minimum atomic E-state index is -0.598. The number of ether oxygens (including phenoxy) is 1. The van der Waals surface area contributed by atoms with Crippen LogP contribution in [-0.2, 0) is 6.54 Å². The van der Waals surface area contributed by atoms with Gasteiger partial charge in [0.2, 0.25) is 0 Å². The van der Waals surface area contributed by atoms with Gasteiger partial charge in [-0.2, -0.15) is 5.10 Å². The number of carbonyl (C=O) groups excluding carboxylic acids is 1. The van der Waals surface area contributed by atoms with Crippen molar-refractivity contribution in [1.82, 2.24) is 9.99 Å². The Morgan fingerprint density at radius 1 is 1.06 bits per heavy atom. The number of rotatable bonds is 6. The Hall–Kier alpha value is -3.90. The molecule has 0 aliphatic rings. The highest BCUT2D eigenvalue weighted by molar-refractivity contribution is 6.31. The fourth-order valence-corrected chi connectivity index (χ4v) is 3.64. The van der Waals surface area contributed by atoms with E-state index in [1.54, 1.807) is 25.4 Å². The van der Waals surface area contributed by atoms with Gasteiger partial charge in [-0.3, -0.25) is 9.59 Å². The molecule has 6 nitrogen and oxygen atoms in total. The van der Waals surface area contributed by atoms with E-state index in [9.17, 15) is 9.59 Å². The number of nitrogens with one attached hydrogen (secondary N) is 1. The molecule has 0 spiro atoms. The maximum absolute atomic E-state index is 12.8. The molecule has 0 fully saturated rings. The lowest BCUT2D eigenvalue weighted by Crippen LogP contribution is -2.31. The molecule has 0 radical (unpaired) electrons. The summed E-state index contributed by atoms with van der Waals surface area (Å²) in [4.78, 5) is 25.5. The summed E-state index contributed by atoms with van der Waals surface area (Å²) >= 11 is 6.20. The number of nitrogens with zero attached hydrogens (tertiary/aromatic N) is 2. The second-order valence-electron chi connectivity index (χ2n) is 7.05. The van der Waals surface area contributed by atoms with E-state index in [-0.39, 0.29) is 12.1 Å². The Balaban J connectivity index is 1.57. The molecule has 1 aromatic heterocycles. The number of carbonyl (C=O) groups is 1. The van der Waals surface area contributed by atoms with Gasteiger partial charge in [-0.05, 0) is 40.6 Å². The van der Waals surface area contributed by atoms with Crippen molar-refractivity contribution in [3.8, 4) is 5.75 Å². The summed E-state index contributed by atoms with van der Waals surface area (Å²) in [6.07, 6.45) is 3.14. The fraction of sp³-hybridized carbons (Fsp3) is 0.0800. The zero-order chi connectivity index (χ0) is 22.5. The number of hydrogen-bond donors (Lipinski definition) is 1. The van der Waals surface area contributed by atoms with Gasteiger partial charge in [0.15, 0.2) is 0 Å². The summed E-state index contributed by atoms with van der Waals surface area (Å²) in [5, 5.41) is 6.59. The summed E-state index contributed by atoms with van der Waals surface area (Å²) in [6.45, 7) is 0.260. The monoisotopic (exact) mass is 445 g/mol. The third kappa shape index (κ3) is 4.40. The highest BCUT2D eigenvalue weighted by Gasteiger charge is 2.13. The number of hydrazone groups is 1. The molecule has 1 amide bonds. The van der Waals surface area contributed by atoms with Crippen LogP contribution < -0.4 is 15.7 Å². The first kappa shape index (κ1) is 21.3. The van der Waals surface area contributed by atoms with E-state index in [4.69, 9.17) is 16.3 Å². The van der Waals surface area contributed by atoms with Crippen molar-refractivity contribution in [3.63, 3.8) is 0 Å². The first-order valence-electron chi connectivity index (χ1n) is 9.90. The molecule has 0 aliphatic carbocycles. The number of methoxy groups -OCH3 is 1. The van der Waals surface area contributed by atoms with Crippen LogP contribution in [0.5, 0.6) is 5.75 Å². The Kier molecular flexibility index (Phi) is 6.33. The molecule has 4 rings (SSSR count). The van der Waals surface area contributed by atoms with Crippen molar-refractivity contribution in [1.29, 1.82) is 0 Å². The molecule has 0 atom stereocenters. The minimum absolute atomic E-state index is 0.0124. The van der Waals surface area contributed by atoms with E-state index in [0.29, 0.717) is 10.8 Å². The maximum atomic E-state index is 12.8. The number of benzene rings is 3. The molecule has 160 valence electrons. The van der Waals surface area contributed by atoms with Crippen LogP contribution >= 0.6 is 11.6 Å². The number of amides is 1. The van der Waals surface area contributed by atoms with Crippen LogP contribution in [0, 0.1) is 0 Å². The molecule has 1 N–H and O–H groups in total. The lowest BCUT2D eigenvalue weighted by atomic mass is 10.0. The van der Waals surface area contributed by atoms with Gasteiger partial charge in [-0.25, -0.2) is 5.43 Å². The lowest BCUT2D eigenvalue weighted by molar-refractivity contribution is 0.0953. The van der Waals surface area contributed by atoms with Gasteiger partial charge in [-0.1, -0.05) is 60.1 Å². The van der Waals surface area contributed by atoms with E-state index in [0.717, 1.165) is 21.9 Å². The second kappa shape index (κ2) is 9.49. The third-order valence-corrected chi connectivity index (χ3v) is 5.44. The molecule has 1 heterocycles. The quantitative estimate of drug-likeness (QED) is 0.351. The molecule has 0 unspecified atom stereocenters. The fourth-order valence-electron chi connectivity index (χ4n) is 3.45. The maximum Gasteiger partial charge on any atom is 0.276 e. The van der Waals surface area contributed by atoms with Gasteiger partial charge >= 0.3 is 0 Å². The molecule has 0 aliphatic heterocycles. The number of halogens is 1. The predicted molar refractivity (Wildman–Crippen MR) is 127 cm³/mol. The minimum Gasteiger partial charge on any atom is -0.496 e. The summed E-state index contributed by atoms with van der Waals surface area (Å²) in [5.74, 6) is 0.0301. The highest BCUT2D eigenvalue weighted by Crippen LogP contribution is 2.26. The summed E-state index contributed by atoms with van der Waals surface area (Å²) in [7, 11) is 1.57. The first-order chi connectivity index (χ1) is 15.6. The molecule has 0 saturated heterocycles. The standard InChI is InChI=1S/C25H20ClN3O3/c1-32-23-13-12-17-7-2-4-9-19(17)21(23)15-27-28-24(30)20-10-6-14-29(25(20)31)16-18-8-3-5-11-22(18)26/h2-15H,16H2,1H3,(H,28,30)/b27-15-. The number of fused-ring (bicyclic) bond motifs is 1. The van der Waals surface area contributed by atoms with Crippen molar-refractivity contribution >= 4 is 34.5 Å². The molecule has 4 aromatic rings. The van der Waals surface area contributed by atoms with Crippen molar-refractivity contribution < 1.29 is 9.53 Å².